The lowest BCUT2D eigenvalue weighted by atomic mass is 10.1. The molecule has 2 rings (SSSR count). The van der Waals surface area contributed by atoms with Crippen LogP contribution >= 0.6 is 0 Å². The molecule has 20 heavy (non-hydrogen) atoms. The lowest BCUT2D eigenvalue weighted by molar-refractivity contribution is -0.139. The van der Waals surface area contributed by atoms with Gasteiger partial charge < -0.3 is 15.0 Å². The van der Waals surface area contributed by atoms with Crippen LogP contribution in [0.5, 0.6) is 0 Å². The number of Topliss-reactive ketones (excluding diaryl/α,β-unsaturated/α-hetero) is 1. The number of nitrogens with zero attached hydrogens (tertiary/aromatic N) is 1. The molecular weight excluding hydrogens is 260 g/mol. The first kappa shape index (κ1) is 14.3. The number of aliphatic carboxylic acids is 1. The van der Waals surface area contributed by atoms with Gasteiger partial charge in [-0.2, -0.15) is 0 Å². The smallest absolute Gasteiger partial charge is 0.326 e. The first-order valence-electron chi connectivity index (χ1n) is 6.59. The monoisotopic (exact) mass is 278 g/mol. The molecule has 2 N–H and O–H groups in total. The third-order valence-electron chi connectivity index (χ3n) is 3.51. The van der Waals surface area contributed by atoms with Crippen molar-refractivity contribution in [2.45, 2.75) is 32.2 Å². The molecule has 0 aromatic carbocycles. The number of rotatable bonds is 6. The largest absolute Gasteiger partial charge is 0.480 e. The van der Waals surface area contributed by atoms with Gasteiger partial charge in [-0.15, -0.1) is 0 Å². The predicted molar refractivity (Wildman–Crippen MR) is 71.6 cm³/mol. The molecule has 108 valence electrons. The zero-order chi connectivity index (χ0) is 14.9. The number of carbonyl (C=O) groups is 3. The first-order valence-corrected chi connectivity index (χ1v) is 6.59. The SMILES string of the molecule is CC(=O)c1cc(C(=O)NC(CC2CC2)C(=O)O)n(C)c1. The van der Waals surface area contributed by atoms with Crippen LogP contribution in [0.2, 0.25) is 0 Å². The van der Waals surface area contributed by atoms with Gasteiger partial charge >= 0.3 is 5.97 Å². The summed E-state index contributed by atoms with van der Waals surface area (Å²) >= 11 is 0. The number of hydrogen-bond donors (Lipinski definition) is 2. The molecule has 1 aromatic rings. The van der Waals surface area contributed by atoms with Crippen molar-refractivity contribution >= 4 is 17.7 Å². The van der Waals surface area contributed by atoms with E-state index >= 15 is 0 Å². The zero-order valence-electron chi connectivity index (χ0n) is 11.5. The van der Waals surface area contributed by atoms with E-state index in [0.717, 1.165) is 12.8 Å². The molecule has 0 aliphatic heterocycles. The molecule has 1 fully saturated rings. The normalized spacial score (nSPS) is 15.7. The summed E-state index contributed by atoms with van der Waals surface area (Å²) in [6.07, 6.45) is 4.08. The van der Waals surface area contributed by atoms with Crippen LogP contribution in [0.1, 0.15) is 47.0 Å². The Kier molecular flexibility index (Phi) is 3.92. The highest BCUT2D eigenvalue weighted by atomic mass is 16.4. The quantitative estimate of drug-likeness (QED) is 0.765. The molecule has 0 saturated heterocycles. The maximum Gasteiger partial charge on any atom is 0.326 e. The average Bonchev–Trinajstić information content (AvgIpc) is 3.08. The Hall–Kier alpha value is -2.11. The topological polar surface area (TPSA) is 88.4 Å². The molecule has 1 unspecified atom stereocenters. The Balaban J connectivity index is 2.09. The number of hydrogen-bond acceptors (Lipinski definition) is 3. The summed E-state index contributed by atoms with van der Waals surface area (Å²) in [5.74, 6) is -1.22. The predicted octanol–water partition coefficient (Wildman–Crippen LogP) is 1.21. The van der Waals surface area contributed by atoms with E-state index in [1.165, 1.54) is 17.6 Å². The van der Waals surface area contributed by atoms with Crippen molar-refractivity contribution in [3.63, 3.8) is 0 Å². The van der Waals surface area contributed by atoms with Crippen LogP contribution in [0.25, 0.3) is 0 Å². The van der Waals surface area contributed by atoms with Gasteiger partial charge in [0, 0.05) is 18.8 Å². The van der Waals surface area contributed by atoms with Crippen molar-refractivity contribution in [1.29, 1.82) is 0 Å². The fourth-order valence-corrected chi connectivity index (χ4v) is 2.12. The first-order chi connectivity index (χ1) is 9.38. The standard InChI is InChI=1S/C14H18N2O4/c1-8(17)10-6-12(16(2)7-10)13(18)15-11(14(19)20)5-9-3-4-9/h6-7,9,11H,3-5H2,1-2H3,(H,15,18)(H,19,20). The third-order valence-corrected chi connectivity index (χ3v) is 3.51. The van der Waals surface area contributed by atoms with E-state index in [-0.39, 0.29) is 11.5 Å². The summed E-state index contributed by atoms with van der Waals surface area (Å²) in [5.41, 5.74) is 0.726. The minimum absolute atomic E-state index is 0.132. The molecule has 0 radical (unpaired) electrons. The third kappa shape index (κ3) is 3.26. The molecule has 1 aliphatic carbocycles. The summed E-state index contributed by atoms with van der Waals surface area (Å²) in [5, 5.41) is 11.7. The van der Waals surface area contributed by atoms with E-state index in [0.29, 0.717) is 17.9 Å². The number of carboxylic acids is 1. The second-order valence-corrected chi connectivity index (χ2v) is 5.32. The number of aryl methyl sites for hydroxylation is 1. The van der Waals surface area contributed by atoms with Gasteiger partial charge in [-0.1, -0.05) is 12.8 Å². The van der Waals surface area contributed by atoms with Gasteiger partial charge in [0.15, 0.2) is 5.78 Å². The van der Waals surface area contributed by atoms with Crippen molar-refractivity contribution in [3.05, 3.63) is 23.5 Å². The van der Waals surface area contributed by atoms with E-state index in [2.05, 4.69) is 5.32 Å². The molecule has 1 aromatic heterocycles. The number of carbonyl (C=O) groups excluding carboxylic acids is 2. The molecule has 0 bridgehead atoms. The van der Waals surface area contributed by atoms with Gasteiger partial charge in [-0.05, 0) is 25.3 Å². The summed E-state index contributed by atoms with van der Waals surface area (Å²) in [4.78, 5) is 34.5. The highest BCUT2D eigenvalue weighted by Gasteiger charge is 2.30. The van der Waals surface area contributed by atoms with Crippen LogP contribution < -0.4 is 5.32 Å². The van der Waals surface area contributed by atoms with Crippen LogP contribution in [-0.4, -0.2) is 33.4 Å². The molecule has 6 heteroatoms. The second-order valence-electron chi connectivity index (χ2n) is 5.32. The van der Waals surface area contributed by atoms with Gasteiger partial charge in [0.2, 0.25) is 0 Å². The summed E-state index contributed by atoms with van der Waals surface area (Å²) in [7, 11) is 1.65. The van der Waals surface area contributed by atoms with E-state index in [4.69, 9.17) is 5.11 Å². The highest BCUT2D eigenvalue weighted by molar-refractivity contribution is 6.00. The second kappa shape index (κ2) is 5.48. The summed E-state index contributed by atoms with van der Waals surface area (Å²) < 4.78 is 1.53. The molecule has 6 nitrogen and oxygen atoms in total. The van der Waals surface area contributed by atoms with Gasteiger partial charge in [0.05, 0.1) is 0 Å². The maximum atomic E-state index is 12.1. The van der Waals surface area contributed by atoms with Gasteiger partial charge in [0.25, 0.3) is 5.91 Å². The van der Waals surface area contributed by atoms with Crippen LogP contribution in [-0.2, 0) is 11.8 Å². The van der Waals surface area contributed by atoms with Crippen molar-refractivity contribution in [1.82, 2.24) is 9.88 Å². The lowest BCUT2D eigenvalue weighted by Gasteiger charge is -2.14. The molecule has 0 spiro atoms. The minimum Gasteiger partial charge on any atom is -0.480 e. The number of ketones is 1. The zero-order valence-corrected chi connectivity index (χ0v) is 11.5. The van der Waals surface area contributed by atoms with E-state index in [9.17, 15) is 14.4 Å². The Labute approximate surface area is 116 Å². The molecule has 1 heterocycles. The Morgan fingerprint density at radius 2 is 2.10 bits per heavy atom. The average molecular weight is 278 g/mol. The van der Waals surface area contributed by atoms with E-state index < -0.39 is 17.9 Å². The Morgan fingerprint density at radius 1 is 1.45 bits per heavy atom. The lowest BCUT2D eigenvalue weighted by Crippen LogP contribution is -2.41. The van der Waals surface area contributed by atoms with Gasteiger partial charge in [0.1, 0.15) is 11.7 Å². The number of carboxylic acid groups (broad SMARTS) is 1. The molecule has 1 saturated carbocycles. The summed E-state index contributed by atoms with van der Waals surface area (Å²) in [6.45, 7) is 1.42. The molecule has 1 atom stereocenters. The summed E-state index contributed by atoms with van der Waals surface area (Å²) in [6, 6.07) is 0.610. The van der Waals surface area contributed by atoms with Gasteiger partial charge in [-0.3, -0.25) is 9.59 Å². The fourth-order valence-electron chi connectivity index (χ4n) is 2.12. The molecular formula is C14H18N2O4. The minimum atomic E-state index is -1.02. The van der Waals surface area contributed by atoms with Gasteiger partial charge in [-0.25, -0.2) is 4.79 Å². The Morgan fingerprint density at radius 3 is 2.55 bits per heavy atom. The molecule has 1 aliphatic rings. The molecule has 1 amide bonds. The number of nitrogens with one attached hydrogen (secondary N) is 1. The van der Waals surface area contributed by atoms with Crippen LogP contribution in [0.4, 0.5) is 0 Å². The number of amides is 1. The van der Waals surface area contributed by atoms with E-state index in [1.54, 1.807) is 13.2 Å². The van der Waals surface area contributed by atoms with Crippen molar-refractivity contribution < 1.29 is 19.5 Å². The van der Waals surface area contributed by atoms with Crippen molar-refractivity contribution in [3.8, 4) is 0 Å². The Bertz CT molecular complexity index is 558. The van der Waals surface area contributed by atoms with Crippen LogP contribution in [0.3, 0.4) is 0 Å². The van der Waals surface area contributed by atoms with Crippen molar-refractivity contribution in [2.24, 2.45) is 13.0 Å². The fraction of sp³-hybridized carbons (Fsp3) is 0.500. The number of aromatic nitrogens is 1. The highest BCUT2D eigenvalue weighted by Crippen LogP contribution is 2.33. The maximum absolute atomic E-state index is 12.1. The van der Waals surface area contributed by atoms with Crippen LogP contribution in [0, 0.1) is 5.92 Å². The van der Waals surface area contributed by atoms with E-state index in [1.807, 2.05) is 0 Å². The van der Waals surface area contributed by atoms with Crippen LogP contribution in [0.15, 0.2) is 12.3 Å². The van der Waals surface area contributed by atoms with Crippen molar-refractivity contribution in [2.75, 3.05) is 0 Å².